The molecule has 1 heteroatoms. The summed E-state index contributed by atoms with van der Waals surface area (Å²) in [7, 11) is 0. The van der Waals surface area contributed by atoms with Gasteiger partial charge in [-0.1, -0.05) is 62.6 Å². The van der Waals surface area contributed by atoms with Crippen molar-refractivity contribution in [3.63, 3.8) is 0 Å². The van der Waals surface area contributed by atoms with Gasteiger partial charge in [0.25, 0.3) is 0 Å². The molecule has 0 unspecified atom stereocenters. The van der Waals surface area contributed by atoms with E-state index in [-0.39, 0.29) is 6.10 Å². The molecular formula is C17H22O. The maximum atomic E-state index is 5.36. The summed E-state index contributed by atoms with van der Waals surface area (Å²) in [6.45, 7) is 7.78. The number of ether oxygens (including phenoxy) is 1. The summed E-state index contributed by atoms with van der Waals surface area (Å²) in [6.07, 6.45) is 4.54. The Hall–Kier alpha value is -1.68. The van der Waals surface area contributed by atoms with Crippen LogP contribution in [-0.4, -0.2) is 6.10 Å². The molecule has 0 aliphatic carbocycles. The molecule has 0 spiro atoms. The van der Waals surface area contributed by atoms with Crippen LogP contribution < -0.4 is 0 Å². The van der Waals surface area contributed by atoms with E-state index in [1.54, 1.807) is 0 Å². The molecule has 0 amide bonds. The molecule has 1 nitrogen and oxygen atoms in total. The van der Waals surface area contributed by atoms with Crippen molar-refractivity contribution in [3.05, 3.63) is 48.7 Å². The van der Waals surface area contributed by atoms with Gasteiger partial charge in [0.2, 0.25) is 0 Å². The summed E-state index contributed by atoms with van der Waals surface area (Å²) < 4.78 is 5.36. The summed E-state index contributed by atoms with van der Waals surface area (Å²) >= 11 is 0. The first-order valence-electron chi connectivity index (χ1n) is 6.52. The van der Waals surface area contributed by atoms with Crippen LogP contribution in [0.5, 0.6) is 0 Å². The summed E-state index contributed by atoms with van der Waals surface area (Å²) in [5.41, 5.74) is 1.38. The molecule has 0 aromatic heterocycles. The molecule has 0 saturated heterocycles. The highest BCUT2D eigenvalue weighted by molar-refractivity contribution is 5.15. The van der Waals surface area contributed by atoms with Gasteiger partial charge in [0.1, 0.15) is 0 Å². The van der Waals surface area contributed by atoms with Gasteiger partial charge in [-0.2, -0.15) is 0 Å². The molecule has 0 fully saturated rings. The van der Waals surface area contributed by atoms with E-state index in [0.717, 1.165) is 19.3 Å². The Labute approximate surface area is 111 Å². The number of hydrogen-bond acceptors (Lipinski definition) is 1. The zero-order chi connectivity index (χ0) is 13.2. The highest BCUT2D eigenvalue weighted by Gasteiger charge is 2.08. The molecule has 0 heterocycles. The molecular weight excluding hydrogens is 220 g/mol. The average molecular weight is 242 g/mol. The van der Waals surface area contributed by atoms with E-state index >= 15 is 0 Å². The van der Waals surface area contributed by atoms with Gasteiger partial charge < -0.3 is 4.74 Å². The largest absolute Gasteiger partial charge is 0.486 e. The van der Waals surface area contributed by atoms with Crippen LogP contribution in [0.3, 0.4) is 0 Å². The molecule has 1 aromatic rings. The Morgan fingerprint density at radius 3 is 2.61 bits per heavy atom. The minimum absolute atomic E-state index is 0.0285. The van der Waals surface area contributed by atoms with Crippen molar-refractivity contribution in [1.29, 1.82) is 0 Å². The summed E-state index contributed by atoms with van der Waals surface area (Å²) in [5, 5.41) is 0. The van der Waals surface area contributed by atoms with Crippen molar-refractivity contribution in [2.75, 3.05) is 0 Å². The molecule has 1 rings (SSSR count). The lowest BCUT2D eigenvalue weighted by Crippen LogP contribution is -2.14. The molecule has 18 heavy (non-hydrogen) atoms. The Bertz CT molecular complexity index is 395. The van der Waals surface area contributed by atoms with E-state index in [9.17, 15) is 0 Å². The first-order chi connectivity index (χ1) is 8.74. The predicted molar refractivity (Wildman–Crippen MR) is 77.1 cm³/mol. The van der Waals surface area contributed by atoms with E-state index in [4.69, 9.17) is 4.74 Å². The van der Waals surface area contributed by atoms with Crippen LogP contribution in [0.2, 0.25) is 0 Å². The van der Waals surface area contributed by atoms with Gasteiger partial charge in [0.15, 0.2) is 6.10 Å². The fourth-order valence-corrected chi connectivity index (χ4v) is 1.66. The van der Waals surface area contributed by atoms with Crippen molar-refractivity contribution in [3.8, 4) is 11.8 Å². The van der Waals surface area contributed by atoms with Crippen molar-refractivity contribution in [2.24, 2.45) is 5.92 Å². The standard InChI is InChI=1S/C17H22O/c1-4-18-17(15(2)3)14-10-6-9-13-16-11-7-5-8-12-16/h4-5,7-8,11-12,15,17H,1,6,9,13H2,2-3H3/t17-/m0/s1. The Morgan fingerprint density at radius 2 is 2.00 bits per heavy atom. The van der Waals surface area contributed by atoms with Gasteiger partial charge in [-0.15, -0.1) is 0 Å². The van der Waals surface area contributed by atoms with E-state index in [2.05, 4.69) is 56.5 Å². The van der Waals surface area contributed by atoms with Crippen LogP contribution in [0, 0.1) is 17.8 Å². The van der Waals surface area contributed by atoms with E-state index in [0.29, 0.717) is 5.92 Å². The second-order valence-electron chi connectivity index (χ2n) is 4.63. The lowest BCUT2D eigenvalue weighted by atomic mass is 10.1. The lowest BCUT2D eigenvalue weighted by Gasteiger charge is -2.13. The second kappa shape index (κ2) is 8.42. The molecule has 96 valence electrons. The van der Waals surface area contributed by atoms with Gasteiger partial charge >= 0.3 is 0 Å². The normalized spacial score (nSPS) is 11.5. The molecule has 0 saturated carbocycles. The van der Waals surface area contributed by atoms with E-state index < -0.39 is 0 Å². The SMILES string of the molecule is C=CO[C@@H](C#CCCCc1ccccc1)C(C)C. The highest BCUT2D eigenvalue weighted by Crippen LogP contribution is 2.07. The minimum Gasteiger partial charge on any atom is -0.486 e. The van der Waals surface area contributed by atoms with E-state index in [1.807, 2.05) is 6.07 Å². The molecule has 1 atom stereocenters. The van der Waals surface area contributed by atoms with Gasteiger partial charge in [-0.3, -0.25) is 0 Å². The number of hydrogen-bond donors (Lipinski definition) is 0. The van der Waals surface area contributed by atoms with Gasteiger partial charge in [0.05, 0.1) is 6.26 Å². The lowest BCUT2D eigenvalue weighted by molar-refractivity contribution is 0.152. The monoisotopic (exact) mass is 242 g/mol. The van der Waals surface area contributed by atoms with Crippen molar-refractivity contribution in [2.45, 2.75) is 39.2 Å². The number of unbranched alkanes of at least 4 members (excludes halogenated alkanes) is 1. The summed E-state index contributed by atoms with van der Waals surface area (Å²) in [5.74, 6) is 6.76. The second-order valence-corrected chi connectivity index (χ2v) is 4.63. The number of rotatable bonds is 6. The first kappa shape index (κ1) is 14.4. The summed E-state index contributed by atoms with van der Waals surface area (Å²) in [6, 6.07) is 10.5. The molecule has 0 bridgehead atoms. The van der Waals surface area contributed by atoms with Crippen molar-refractivity contribution < 1.29 is 4.74 Å². The zero-order valence-electron chi connectivity index (χ0n) is 11.4. The number of benzene rings is 1. The molecule has 0 aliphatic heterocycles. The Kier molecular flexibility index (Phi) is 6.72. The Morgan fingerprint density at radius 1 is 1.28 bits per heavy atom. The minimum atomic E-state index is -0.0285. The molecule has 0 N–H and O–H groups in total. The topological polar surface area (TPSA) is 9.23 Å². The van der Waals surface area contributed by atoms with Crippen LogP contribution in [-0.2, 0) is 11.2 Å². The first-order valence-corrected chi connectivity index (χ1v) is 6.52. The third kappa shape index (κ3) is 5.59. The fourth-order valence-electron chi connectivity index (χ4n) is 1.66. The highest BCUT2D eigenvalue weighted by atomic mass is 16.5. The van der Waals surface area contributed by atoms with Crippen molar-refractivity contribution >= 4 is 0 Å². The maximum Gasteiger partial charge on any atom is 0.160 e. The zero-order valence-corrected chi connectivity index (χ0v) is 11.4. The van der Waals surface area contributed by atoms with E-state index in [1.165, 1.54) is 11.8 Å². The molecule has 0 aliphatic rings. The quantitative estimate of drug-likeness (QED) is 0.413. The predicted octanol–water partition coefficient (Wildman–Crippen LogP) is 4.20. The van der Waals surface area contributed by atoms with Gasteiger partial charge in [-0.05, 0) is 18.4 Å². The summed E-state index contributed by atoms with van der Waals surface area (Å²) in [4.78, 5) is 0. The molecule has 0 radical (unpaired) electrons. The number of aryl methyl sites for hydroxylation is 1. The van der Waals surface area contributed by atoms with Crippen LogP contribution in [0.1, 0.15) is 32.3 Å². The third-order valence-corrected chi connectivity index (χ3v) is 2.70. The average Bonchev–Trinajstić information content (AvgIpc) is 2.38. The van der Waals surface area contributed by atoms with Crippen LogP contribution >= 0.6 is 0 Å². The van der Waals surface area contributed by atoms with Crippen LogP contribution in [0.15, 0.2) is 43.2 Å². The smallest absolute Gasteiger partial charge is 0.160 e. The van der Waals surface area contributed by atoms with Crippen molar-refractivity contribution in [1.82, 2.24) is 0 Å². The maximum absolute atomic E-state index is 5.36. The van der Waals surface area contributed by atoms with Gasteiger partial charge in [-0.25, -0.2) is 0 Å². The fraction of sp³-hybridized carbons (Fsp3) is 0.412. The third-order valence-electron chi connectivity index (χ3n) is 2.70. The Balaban J connectivity index is 2.30. The van der Waals surface area contributed by atoms with Crippen LogP contribution in [0.25, 0.3) is 0 Å². The van der Waals surface area contributed by atoms with Gasteiger partial charge in [0, 0.05) is 12.3 Å². The van der Waals surface area contributed by atoms with Crippen LogP contribution in [0.4, 0.5) is 0 Å². The molecule has 1 aromatic carbocycles.